The lowest BCUT2D eigenvalue weighted by Crippen LogP contribution is -1.98. The van der Waals surface area contributed by atoms with Crippen molar-refractivity contribution in [2.24, 2.45) is 0 Å². The van der Waals surface area contributed by atoms with Crippen LogP contribution in [0.1, 0.15) is 78.5 Å². The third kappa shape index (κ3) is 5.56. The first-order chi connectivity index (χ1) is 20.3. The molecule has 2 heterocycles. The summed E-state index contributed by atoms with van der Waals surface area (Å²) in [7, 11) is 0. The Morgan fingerprint density at radius 3 is 1.20 bits per heavy atom. The molecule has 6 aromatic rings. The highest BCUT2D eigenvalue weighted by atomic mass is 16.1. The van der Waals surface area contributed by atoms with E-state index in [1.165, 1.54) is 73.2 Å². The van der Waals surface area contributed by atoms with Crippen LogP contribution < -0.4 is 0 Å². The quantitative estimate of drug-likeness (QED) is 0.102. The molecular weight excluding hydrogens is 504 g/mol. The monoisotopic (exact) mass is 542 g/mol. The van der Waals surface area contributed by atoms with Gasteiger partial charge in [0.2, 0.25) is 0 Å². The van der Waals surface area contributed by atoms with Gasteiger partial charge in [0, 0.05) is 67.8 Å². The molecule has 4 aromatic carbocycles. The van der Waals surface area contributed by atoms with Gasteiger partial charge >= 0.3 is 0 Å². The van der Waals surface area contributed by atoms with Gasteiger partial charge in [-0.25, -0.2) is 0 Å². The fourth-order valence-electron chi connectivity index (χ4n) is 6.55. The molecule has 4 heteroatoms. The molecule has 0 fully saturated rings. The maximum atomic E-state index is 11.4. The van der Waals surface area contributed by atoms with E-state index < -0.39 is 0 Å². The summed E-state index contributed by atoms with van der Waals surface area (Å²) < 4.78 is 4.86. The molecule has 208 valence electrons. The minimum Gasteiger partial charge on any atom is -0.340 e. The van der Waals surface area contributed by atoms with E-state index >= 15 is 0 Å². The molecule has 0 radical (unpaired) electrons. The number of carbonyl (C=O) groups excluding carboxylic acids is 2. The lowest BCUT2D eigenvalue weighted by molar-refractivity contribution is 0.111. The highest BCUT2D eigenvalue weighted by Crippen LogP contribution is 2.31. The van der Waals surface area contributed by atoms with E-state index in [2.05, 4.69) is 57.7 Å². The fourth-order valence-corrected chi connectivity index (χ4v) is 6.55. The highest BCUT2D eigenvalue weighted by molar-refractivity contribution is 6.10. The van der Waals surface area contributed by atoms with Gasteiger partial charge < -0.3 is 9.13 Å². The van der Waals surface area contributed by atoms with E-state index in [-0.39, 0.29) is 0 Å². The summed E-state index contributed by atoms with van der Waals surface area (Å²) in [5, 5.41) is 4.82. The number of unbranched alkanes of at least 4 members (excludes halogenated alkanes) is 8. The minimum atomic E-state index is 0.666. The Hall–Kier alpha value is -4.18. The van der Waals surface area contributed by atoms with Crippen molar-refractivity contribution < 1.29 is 9.59 Å². The van der Waals surface area contributed by atoms with Crippen molar-refractivity contribution in [3.8, 4) is 0 Å². The molecule has 4 nitrogen and oxygen atoms in total. The Labute approximate surface area is 241 Å². The van der Waals surface area contributed by atoms with E-state index in [4.69, 9.17) is 0 Å². The second kappa shape index (κ2) is 12.6. The van der Waals surface area contributed by atoms with Gasteiger partial charge in [-0.2, -0.15) is 0 Å². The molecule has 6 rings (SSSR count). The zero-order valence-corrected chi connectivity index (χ0v) is 23.7. The van der Waals surface area contributed by atoms with Gasteiger partial charge in [-0.1, -0.05) is 81.3 Å². The van der Waals surface area contributed by atoms with Crippen molar-refractivity contribution in [2.45, 2.75) is 70.9 Å². The molecule has 0 amide bonds. The smallest absolute Gasteiger partial charge is 0.150 e. The molecule has 41 heavy (non-hydrogen) atoms. The summed E-state index contributed by atoms with van der Waals surface area (Å²) in [6.07, 6.45) is 13.1. The molecule has 0 aliphatic carbocycles. The van der Waals surface area contributed by atoms with Crippen LogP contribution in [-0.2, 0) is 13.1 Å². The van der Waals surface area contributed by atoms with Gasteiger partial charge in [-0.3, -0.25) is 9.59 Å². The number of aromatic nitrogens is 2. The number of aldehydes is 2. The Balaban J connectivity index is 0.940. The number of para-hydroxylation sites is 2. The highest BCUT2D eigenvalue weighted by Gasteiger charge is 2.12. The number of carbonyl (C=O) groups is 2. The SMILES string of the molecule is O=Cc1ccc2c(c1)c1cc(C=O)ccc1n2CCCCCCCCCCCn1c2ccccc2c2ccccc21. The van der Waals surface area contributed by atoms with Crippen LogP contribution in [0.3, 0.4) is 0 Å². The number of aryl methyl sites for hydroxylation is 2. The van der Waals surface area contributed by atoms with Crippen LogP contribution in [0.15, 0.2) is 84.9 Å². The fraction of sp³-hybridized carbons (Fsp3) is 0.297. The number of benzene rings is 4. The first-order valence-electron chi connectivity index (χ1n) is 15.2. The maximum Gasteiger partial charge on any atom is 0.150 e. The molecule has 0 atom stereocenters. The molecule has 0 unspecified atom stereocenters. The van der Waals surface area contributed by atoms with E-state index in [1.54, 1.807) is 0 Å². The summed E-state index contributed by atoms with van der Waals surface area (Å²) >= 11 is 0. The lowest BCUT2D eigenvalue weighted by atomic mass is 10.1. The maximum absolute atomic E-state index is 11.4. The average Bonchev–Trinajstić information content (AvgIpc) is 3.51. The average molecular weight is 543 g/mol. The predicted octanol–water partition coefficient (Wildman–Crippen LogP) is 9.74. The van der Waals surface area contributed by atoms with Crippen LogP contribution in [-0.4, -0.2) is 21.7 Å². The van der Waals surface area contributed by atoms with E-state index in [0.717, 1.165) is 53.9 Å². The summed E-state index contributed by atoms with van der Waals surface area (Å²) in [6, 6.07) is 29.3. The third-order valence-electron chi connectivity index (χ3n) is 8.63. The number of nitrogens with zero attached hydrogens (tertiary/aromatic N) is 2. The Kier molecular flexibility index (Phi) is 8.27. The molecule has 2 aromatic heterocycles. The van der Waals surface area contributed by atoms with Crippen LogP contribution in [0.2, 0.25) is 0 Å². The van der Waals surface area contributed by atoms with E-state index in [0.29, 0.717) is 11.1 Å². The minimum absolute atomic E-state index is 0.666. The van der Waals surface area contributed by atoms with Crippen LogP contribution in [0.25, 0.3) is 43.6 Å². The van der Waals surface area contributed by atoms with Gasteiger partial charge in [0.05, 0.1) is 0 Å². The predicted molar refractivity (Wildman–Crippen MR) is 171 cm³/mol. The Morgan fingerprint density at radius 1 is 0.415 bits per heavy atom. The summed E-state index contributed by atoms with van der Waals surface area (Å²) in [5.41, 5.74) is 6.31. The van der Waals surface area contributed by atoms with Crippen molar-refractivity contribution >= 4 is 56.2 Å². The zero-order valence-electron chi connectivity index (χ0n) is 23.7. The molecule has 0 saturated carbocycles. The first kappa shape index (κ1) is 27.0. The number of hydrogen-bond acceptors (Lipinski definition) is 2. The van der Waals surface area contributed by atoms with Crippen LogP contribution in [0.5, 0.6) is 0 Å². The molecule has 0 saturated heterocycles. The zero-order chi connectivity index (χ0) is 28.0. The van der Waals surface area contributed by atoms with Gasteiger partial charge in [0.15, 0.2) is 0 Å². The molecule has 0 N–H and O–H groups in total. The lowest BCUT2D eigenvalue weighted by Gasteiger charge is -2.08. The van der Waals surface area contributed by atoms with E-state index in [9.17, 15) is 9.59 Å². The van der Waals surface area contributed by atoms with Gasteiger partial charge in [0.1, 0.15) is 12.6 Å². The van der Waals surface area contributed by atoms with E-state index in [1.807, 2.05) is 36.4 Å². The molecular formula is C37H38N2O2. The van der Waals surface area contributed by atoms with Crippen LogP contribution in [0, 0.1) is 0 Å². The number of rotatable bonds is 14. The van der Waals surface area contributed by atoms with Gasteiger partial charge in [-0.15, -0.1) is 0 Å². The van der Waals surface area contributed by atoms with Crippen LogP contribution >= 0.6 is 0 Å². The van der Waals surface area contributed by atoms with Crippen molar-refractivity contribution in [1.82, 2.24) is 9.13 Å². The third-order valence-corrected chi connectivity index (χ3v) is 8.63. The second-order valence-electron chi connectivity index (χ2n) is 11.3. The topological polar surface area (TPSA) is 44.0 Å². The Morgan fingerprint density at radius 2 is 0.780 bits per heavy atom. The number of hydrogen-bond donors (Lipinski definition) is 0. The molecule has 0 aliphatic rings. The number of fused-ring (bicyclic) bond motifs is 6. The summed E-state index contributed by atoms with van der Waals surface area (Å²) in [5.74, 6) is 0. The van der Waals surface area contributed by atoms with Gasteiger partial charge in [0.25, 0.3) is 0 Å². The Bertz CT molecular complexity index is 1710. The molecule has 0 bridgehead atoms. The normalized spacial score (nSPS) is 11.7. The first-order valence-corrected chi connectivity index (χ1v) is 15.2. The van der Waals surface area contributed by atoms with Gasteiger partial charge in [-0.05, 0) is 61.4 Å². The second-order valence-corrected chi connectivity index (χ2v) is 11.3. The van der Waals surface area contributed by atoms with Crippen molar-refractivity contribution in [1.29, 1.82) is 0 Å². The van der Waals surface area contributed by atoms with Crippen molar-refractivity contribution in [2.75, 3.05) is 0 Å². The summed E-state index contributed by atoms with van der Waals surface area (Å²) in [4.78, 5) is 22.7. The summed E-state index contributed by atoms with van der Waals surface area (Å²) in [6.45, 7) is 2.04. The molecule has 0 aliphatic heterocycles. The van der Waals surface area contributed by atoms with Crippen molar-refractivity contribution in [3.63, 3.8) is 0 Å². The van der Waals surface area contributed by atoms with Crippen LogP contribution in [0.4, 0.5) is 0 Å². The standard InChI is InChI=1S/C37H38N2O2/c40-26-28-18-20-36-32(24-28)33-25-29(27-41)19-21-37(33)39(36)23-13-7-5-3-1-2-4-6-12-22-38-34-16-10-8-14-30(34)31-15-9-11-17-35(31)38/h8-11,14-21,24-27H,1-7,12-13,22-23H2. The van der Waals surface area contributed by atoms with Crippen molar-refractivity contribution in [3.05, 3.63) is 96.1 Å². The molecule has 0 spiro atoms. The largest absolute Gasteiger partial charge is 0.340 e.